The molecule has 0 N–H and O–H groups in total. The molecule has 3 aromatic rings. The number of halogens is 2. The molecule has 1 unspecified atom stereocenters. The van der Waals surface area contributed by atoms with Crippen LogP contribution in [-0.2, 0) is 11.4 Å². The average Bonchev–Trinajstić information content (AvgIpc) is 2.89. The van der Waals surface area contributed by atoms with E-state index >= 15 is 0 Å². The van der Waals surface area contributed by atoms with Crippen molar-refractivity contribution < 1.29 is 9.53 Å². The predicted molar refractivity (Wildman–Crippen MR) is 140 cm³/mol. The summed E-state index contributed by atoms with van der Waals surface area (Å²) >= 11 is 13.7. The summed E-state index contributed by atoms with van der Waals surface area (Å²) in [4.78, 5) is 17.0. The maximum atomic E-state index is 13.1. The normalized spacial score (nSPS) is 17.7. The van der Waals surface area contributed by atoms with Crippen molar-refractivity contribution in [3.63, 3.8) is 0 Å². The van der Waals surface area contributed by atoms with Gasteiger partial charge in [0.15, 0.2) is 0 Å². The van der Waals surface area contributed by atoms with Crippen LogP contribution in [0.4, 0.5) is 5.69 Å². The first kappa shape index (κ1) is 23.6. The van der Waals surface area contributed by atoms with Crippen LogP contribution in [0, 0.1) is 11.3 Å². The Balaban J connectivity index is 1.33. The zero-order valence-corrected chi connectivity index (χ0v) is 21.0. The Morgan fingerprint density at radius 2 is 1.77 bits per heavy atom. The quantitative estimate of drug-likeness (QED) is 0.369. The van der Waals surface area contributed by atoms with Crippen LogP contribution in [0.2, 0.25) is 10.0 Å². The van der Waals surface area contributed by atoms with Gasteiger partial charge in [-0.25, -0.2) is 0 Å². The van der Waals surface area contributed by atoms with Gasteiger partial charge in [0.25, 0.3) is 0 Å². The average molecular weight is 522 g/mol. The molecule has 0 spiro atoms. The maximum Gasteiger partial charge on any atom is 0.229 e. The summed E-state index contributed by atoms with van der Waals surface area (Å²) in [5.41, 5.74) is 3.46. The van der Waals surface area contributed by atoms with Crippen molar-refractivity contribution in [2.45, 2.75) is 18.9 Å². The third kappa shape index (κ3) is 4.99. The van der Waals surface area contributed by atoms with E-state index in [4.69, 9.17) is 27.9 Å². The van der Waals surface area contributed by atoms with Gasteiger partial charge in [0.2, 0.25) is 5.91 Å². The van der Waals surface area contributed by atoms with Crippen molar-refractivity contribution in [3.8, 4) is 11.8 Å². The van der Waals surface area contributed by atoms with E-state index in [1.54, 1.807) is 4.90 Å². The van der Waals surface area contributed by atoms with Crippen LogP contribution < -0.4 is 9.64 Å². The molecule has 1 fully saturated rings. The van der Waals surface area contributed by atoms with Crippen LogP contribution in [0.25, 0.3) is 0 Å². The van der Waals surface area contributed by atoms with Gasteiger partial charge in [0.05, 0.1) is 29.2 Å². The lowest BCUT2D eigenvalue weighted by Gasteiger charge is -2.42. The number of allylic oxidation sites excluding steroid dienone is 1. The molecule has 1 saturated heterocycles. The fourth-order valence-corrected chi connectivity index (χ4v) is 5.72. The smallest absolute Gasteiger partial charge is 0.229 e. The SMILES string of the molecule is N#CC1=C2SCN(c3ccc(Cl)cc3)CN2C(=O)CC1c1ccc(OCc2ccccc2Cl)cc1. The Morgan fingerprint density at radius 1 is 1.03 bits per heavy atom. The highest BCUT2D eigenvalue weighted by Crippen LogP contribution is 2.43. The molecule has 35 heavy (non-hydrogen) atoms. The molecule has 2 aliphatic rings. The summed E-state index contributed by atoms with van der Waals surface area (Å²) in [6, 6.07) is 25.1. The summed E-state index contributed by atoms with van der Waals surface area (Å²) < 4.78 is 5.88. The minimum atomic E-state index is -0.272. The number of fused-ring (bicyclic) bond motifs is 1. The van der Waals surface area contributed by atoms with Gasteiger partial charge in [-0.2, -0.15) is 5.26 Å². The molecule has 0 radical (unpaired) electrons. The second-order valence-electron chi connectivity index (χ2n) is 8.29. The van der Waals surface area contributed by atoms with E-state index in [1.807, 2.05) is 72.8 Å². The largest absolute Gasteiger partial charge is 0.489 e. The van der Waals surface area contributed by atoms with Gasteiger partial charge < -0.3 is 9.64 Å². The number of nitrogens with zero attached hydrogens (tertiary/aromatic N) is 3. The Bertz CT molecular complexity index is 1320. The van der Waals surface area contributed by atoms with Gasteiger partial charge in [-0.3, -0.25) is 9.69 Å². The predicted octanol–water partition coefficient (Wildman–Crippen LogP) is 6.79. The number of hydrogen-bond acceptors (Lipinski definition) is 5. The second-order valence-corrected chi connectivity index (χ2v) is 10.1. The zero-order valence-electron chi connectivity index (χ0n) is 18.7. The van der Waals surface area contributed by atoms with Crippen LogP contribution in [0.3, 0.4) is 0 Å². The van der Waals surface area contributed by atoms with E-state index in [2.05, 4.69) is 11.0 Å². The number of hydrogen-bond donors (Lipinski definition) is 0. The lowest BCUT2D eigenvalue weighted by Crippen LogP contribution is -2.47. The lowest BCUT2D eigenvalue weighted by molar-refractivity contribution is -0.129. The molecule has 0 aromatic heterocycles. The number of amides is 1. The lowest BCUT2D eigenvalue weighted by atomic mass is 9.86. The van der Waals surface area contributed by atoms with Gasteiger partial charge in [0.1, 0.15) is 12.4 Å². The first-order chi connectivity index (χ1) is 17.0. The molecule has 1 atom stereocenters. The van der Waals surface area contributed by atoms with Crippen molar-refractivity contribution in [3.05, 3.63) is 105 Å². The molecule has 176 valence electrons. The van der Waals surface area contributed by atoms with E-state index in [0.29, 0.717) is 40.5 Å². The minimum Gasteiger partial charge on any atom is -0.489 e. The highest BCUT2D eigenvalue weighted by atomic mass is 35.5. The Kier molecular flexibility index (Phi) is 6.92. The zero-order chi connectivity index (χ0) is 24.4. The molecular weight excluding hydrogens is 501 g/mol. The third-order valence-electron chi connectivity index (χ3n) is 6.12. The highest BCUT2D eigenvalue weighted by molar-refractivity contribution is 8.03. The van der Waals surface area contributed by atoms with E-state index in [0.717, 1.165) is 21.8 Å². The molecule has 0 bridgehead atoms. The molecule has 1 amide bonds. The molecule has 8 heteroatoms. The topological polar surface area (TPSA) is 56.6 Å². The van der Waals surface area contributed by atoms with Gasteiger partial charge in [-0.15, -0.1) is 0 Å². The minimum absolute atomic E-state index is 0.00853. The van der Waals surface area contributed by atoms with Gasteiger partial charge in [0, 0.05) is 33.6 Å². The van der Waals surface area contributed by atoms with E-state index in [1.165, 1.54) is 11.8 Å². The number of carbonyl (C=O) groups is 1. The molecule has 3 aromatic carbocycles. The number of carbonyl (C=O) groups excluding carboxylic acids is 1. The monoisotopic (exact) mass is 521 g/mol. The molecule has 0 aliphatic carbocycles. The molecule has 5 nitrogen and oxygen atoms in total. The summed E-state index contributed by atoms with van der Waals surface area (Å²) in [6.45, 7) is 0.777. The number of thioether (sulfide) groups is 1. The first-order valence-electron chi connectivity index (χ1n) is 11.1. The Labute approximate surface area is 218 Å². The third-order valence-corrected chi connectivity index (χ3v) is 7.90. The maximum absolute atomic E-state index is 13.1. The number of anilines is 1. The molecule has 2 aliphatic heterocycles. The van der Waals surface area contributed by atoms with Crippen molar-refractivity contribution in [1.29, 1.82) is 5.26 Å². The second kappa shape index (κ2) is 10.2. The van der Waals surface area contributed by atoms with Crippen LogP contribution in [0.1, 0.15) is 23.5 Å². The summed E-state index contributed by atoms with van der Waals surface area (Å²) in [7, 11) is 0. The number of benzene rings is 3. The van der Waals surface area contributed by atoms with Gasteiger partial charge >= 0.3 is 0 Å². The molecule has 2 heterocycles. The van der Waals surface area contributed by atoms with Crippen LogP contribution in [-0.4, -0.2) is 23.4 Å². The van der Waals surface area contributed by atoms with E-state index in [9.17, 15) is 10.1 Å². The fraction of sp³-hybridized carbons (Fsp3) is 0.185. The highest BCUT2D eigenvalue weighted by Gasteiger charge is 2.38. The first-order valence-corrected chi connectivity index (χ1v) is 12.8. The summed E-state index contributed by atoms with van der Waals surface area (Å²) in [6.07, 6.45) is 0.251. The summed E-state index contributed by atoms with van der Waals surface area (Å²) in [5.74, 6) is 1.09. The van der Waals surface area contributed by atoms with Crippen molar-refractivity contribution in [2.24, 2.45) is 0 Å². The van der Waals surface area contributed by atoms with Gasteiger partial charge in [-0.1, -0.05) is 65.3 Å². The molecule has 0 saturated carbocycles. The standard InChI is InChI=1S/C27H21Cl2N3O2S/c28-20-7-9-21(10-8-20)31-16-32-26(33)13-23(24(14-30)27(32)35-17-31)18-5-11-22(12-6-18)34-15-19-3-1-2-4-25(19)29/h1-12,23H,13,15-17H2. The van der Waals surface area contributed by atoms with E-state index < -0.39 is 0 Å². The number of rotatable bonds is 5. The number of ether oxygens (including phenoxy) is 1. The Morgan fingerprint density at radius 3 is 2.49 bits per heavy atom. The van der Waals surface area contributed by atoms with E-state index in [-0.39, 0.29) is 18.2 Å². The van der Waals surface area contributed by atoms with Gasteiger partial charge in [-0.05, 0) is 48.0 Å². The van der Waals surface area contributed by atoms with Crippen LogP contribution in [0.5, 0.6) is 5.75 Å². The fourth-order valence-electron chi connectivity index (χ4n) is 4.24. The van der Waals surface area contributed by atoms with Crippen LogP contribution in [0.15, 0.2) is 83.4 Å². The summed E-state index contributed by atoms with van der Waals surface area (Å²) in [5, 5.41) is 12.1. The number of nitriles is 1. The van der Waals surface area contributed by atoms with Crippen molar-refractivity contribution in [2.75, 3.05) is 17.4 Å². The van der Waals surface area contributed by atoms with Crippen LogP contribution >= 0.6 is 35.0 Å². The Hall–Kier alpha value is -3.11. The van der Waals surface area contributed by atoms with Crippen molar-refractivity contribution >= 4 is 46.6 Å². The van der Waals surface area contributed by atoms with Crippen molar-refractivity contribution in [1.82, 2.24) is 4.90 Å². The molecular formula is C27H21Cl2N3O2S. The molecule has 5 rings (SSSR count).